The van der Waals surface area contributed by atoms with Crippen LogP contribution in [0.2, 0.25) is 0 Å². The molecule has 0 radical (unpaired) electrons. The summed E-state index contributed by atoms with van der Waals surface area (Å²) in [5.74, 6) is -1.66. The molecule has 178 valence electrons. The molecule has 9 nitrogen and oxygen atoms in total. The molecule has 33 heavy (non-hydrogen) atoms. The number of nitrogens with two attached hydrogens (primary N) is 2. The minimum absolute atomic E-state index is 0.00454. The zero-order valence-electron chi connectivity index (χ0n) is 17.2. The highest BCUT2D eigenvalue weighted by molar-refractivity contribution is 6.22. The van der Waals surface area contributed by atoms with Gasteiger partial charge in [-0.05, 0) is 17.9 Å². The van der Waals surface area contributed by atoms with Crippen molar-refractivity contribution >= 4 is 17.3 Å². The Morgan fingerprint density at radius 2 is 2.03 bits per heavy atom. The van der Waals surface area contributed by atoms with Crippen LogP contribution in [0.4, 0.5) is 26.3 Å². The Morgan fingerprint density at radius 3 is 2.64 bits per heavy atom. The normalized spacial score (nSPS) is 14.7. The van der Waals surface area contributed by atoms with Crippen LogP contribution in [0.1, 0.15) is 34.2 Å². The van der Waals surface area contributed by atoms with Crippen molar-refractivity contribution in [2.24, 2.45) is 5.73 Å². The average molecular weight is 478 g/mol. The van der Waals surface area contributed by atoms with Gasteiger partial charge in [-0.15, -0.1) is 0 Å². The molecule has 3 rings (SSSR count). The standard InChI is InChI=1S/C18H18F6N8O/c1-8-4-12(17(19,20)21)29-16(28-8)10(5-25)15(26)30-13(33)7-32-11-6-27-3-2-9(11)14(31-32)18(22,23)24/h4-5,27H,2-3,6-7,25H2,1H3,(H2,26,30,33)/p+2. The second kappa shape index (κ2) is 8.80. The number of rotatable bonds is 4. The minimum Gasteiger partial charge on any atom is -0.404 e. The van der Waals surface area contributed by atoms with E-state index in [0.717, 1.165) is 16.9 Å². The van der Waals surface area contributed by atoms with Crippen molar-refractivity contribution in [3.63, 3.8) is 0 Å². The Hall–Kier alpha value is -3.49. The average Bonchev–Trinajstić information content (AvgIpc) is 3.06. The number of aromatic amines is 1. The van der Waals surface area contributed by atoms with Gasteiger partial charge >= 0.3 is 24.1 Å². The summed E-state index contributed by atoms with van der Waals surface area (Å²) >= 11 is 0. The van der Waals surface area contributed by atoms with E-state index in [0.29, 0.717) is 6.54 Å². The molecule has 1 amide bonds. The first kappa shape index (κ1) is 24.2. The molecule has 0 spiro atoms. The molecule has 3 heterocycles. The lowest BCUT2D eigenvalue weighted by molar-refractivity contribution is -0.432. The molecule has 15 heteroatoms. The fraction of sp³-hybridized carbons (Fsp3) is 0.389. The molecular weight excluding hydrogens is 458 g/mol. The van der Waals surface area contributed by atoms with Gasteiger partial charge in [-0.2, -0.15) is 31.4 Å². The van der Waals surface area contributed by atoms with Gasteiger partial charge in [0.25, 0.3) is 5.84 Å². The van der Waals surface area contributed by atoms with E-state index < -0.39 is 42.0 Å². The molecule has 0 atom stereocenters. The monoisotopic (exact) mass is 478 g/mol. The van der Waals surface area contributed by atoms with E-state index in [2.05, 4.69) is 25.7 Å². The fourth-order valence-corrected chi connectivity index (χ4v) is 3.35. The van der Waals surface area contributed by atoms with Crippen LogP contribution >= 0.6 is 0 Å². The molecule has 2 aromatic heterocycles. The van der Waals surface area contributed by atoms with Gasteiger partial charge in [0.1, 0.15) is 6.54 Å². The van der Waals surface area contributed by atoms with Gasteiger partial charge in [0.15, 0.2) is 17.0 Å². The Bertz CT molecular complexity index is 1120. The largest absolute Gasteiger partial charge is 0.453 e. The highest BCUT2D eigenvalue weighted by Crippen LogP contribution is 2.33. The highest BCUT2D eigenvalue weighted by Gasteiger charge is 2.40. The summed E-state index contributed by atoms with van der Waals surface area (Å²) in [6.07, 6.45) is -8.46. The maximum absolute atomic E-state index is 13.3. The van der Waals surface area contributed by atoms with Crippen molar-refractivity contribution in [3.05, 3.63) is 46.4 Å². The highest BCUT2D eigenvalue weighted by atomic mass is 19.4. The van der Waals surface area contributed by atoms with Gasteiger partial charge in [0.05, 0.1) is 5.69 Å². The zero-order valence-corrected chi connectivity index (χ0v) is 17.2. The van der Waals surface area contributed by atoms with Crippen LogP contribution in [0.3, 0.4) is 0 Å². The summed E-state index contributed by atoms with van der Waals surface area (Å²) in [4.78, 5) is 18.4. The number of amidine groups is 1. The number of halogens is 6. The molecule has 0 aliphatic carbocycles. The molecule has 1 aliphatic rings. The van der Waals surface area contributed by atoms with Crippen molar-refractivity contribution < 1.29 is 41.5 Å². The molecule has 0 saturated carbocycles. The number of carbonyl (C=O) groups is 1. The quantitative estimate of drug-likeness (QED) is 0.263. The number of amides is 1. The molecule has 0 fully saturated rings. The summed E-state index contributed by atoms with van der Waals surface area (Å²) in [5, 5.41) is 14.5. The maximum Gasteiger partial charge on any atom is 0.453 e. The molecule has 1 aliphatic heterocycles. The first-order valence-electron chi connectivity index (χ1n) is 9.50. The topological polar surface area (TPSA) is 138 Å². The lowest BCUT2D eigenvalue weighted by Gasteiger charge is -2.15. The molecule has 0 unspecified atom stereocenters. The van der Waals surface area contributed by atoms with E-state index in [1.807, 2.05) is 0 Å². The molecule has 0 bridgehead atoms. The molecule has 0 saturated heterocycles. The van der Waals surface area contributed by atoms with E-state index in [9.17, 15) is 31.1 Å². The zero-order chi connectivity index (χ0) is 24.6. The number of aromatic nitrogens is 4. The number of hydrogen-bond donors (Lipinski definition) is 4. The minimum atomic E-state index is -4.70. The summed E-state index contributed by atoms with van der Waals surface area (Å²) in [6.45, 7) is 1.13. The van der Waals surface area contributed by atoms with Crippen LogP contribution in [0, 0.1) is 6.92 Å². The third-order valence-electron chi connectivity index (χ3n) is 4.76. The predicted molar refractivity (Wildman–Crippen MR) is 100 cm³/mol. The SMILES string of the molecule is Cc1cc(C(F)(F)F)[nH+]c(C(=CN)C(=[NH2+])NC(=O)Cn2nc(C(F)(F)F)c3c2CNCC3)n1. The van der Waals surface area contributed by atoms with Crippen molar-refractivity contribution in [2.75, 3.05) is 6.54 Å². The molecular formula is C18H20F6N8O+2. The van der Waals surface area contributed by atoms with E-state index >= 15 is 0 Å². The van der Waals surface area contributed by atoms with Crippen molar-refractivity contribution in [2.45, 2.75) is 38.8 Å². The van der Waals surface area contributed by atoms with E-state index in [-0.39, 0.29) is 41.3 Å². The van der Waals surface area contributed by atoms with Crippen molar-refractivity contribution in [1.29, 1.82) is 0 Å². The number of carbonyl (C=O) groups excluding carboxylic acids is 1. The van der Waals surface area contributed by atoms with Crippen LogP contribution in [0.25, 0.3) is 5.57 Å². The van der Waals surface area contributed by atoms with E-state index in [1.54, 1.807) is 0 Å². The predicted octanol–water partition coefficient (Wildman–Crippen LogP) is -0.642. The first-order chi connectivity index (χ1) is 15.3. The Balaban J connectivity index is 1.81. The van der Waals surface area contributed by atoms with Crippen LogP contribution in [-0.2, 0) is 36.7 Å². The maximum atomic E-state index is 13.3. The van der Waals surface area contributed by atoms with Crippen molar-refractivity contribution in [3.8, 4) is 0 Å². The fourth-order valence-electron chi connectivity index (χ4n) is 3.35. The Kier molecular flexibility index (Phi) is 6.44. The summed E-state index contributed by atoms with van der Waals surface area (Å²) in [7, 11) is 0. The summed E-state index contributed by atoms with van der Waals surface area (Å²) in [5.41, 5.74) is 3.28. The Labute approximate surface area is 182 Å². The number of alkyl halides is 6. The number of hydrogen-bond acceptors (Lipinski definition) is 5. The molecule has 0 aromatic carbocycles. The Morgan fingerprint density at radius 1 is 1.33 bits per heavy atom. The van der Waals surface area contributed by atoms with Crippen LogP contribution in [0.15, 0.2) is 12.3 Å². The number of fused-ring (bicyclic) bond motifs is 1. The van der Waals surface area contributed by atoms with Crippen molar-refractivity contribution in [1.82, 2.24) is 25.4 Å². The van der Waals surface area contributed by atoms with Crippen LogP contribution in [0.5, 0.6) is 0 Å². The van der Waals surface area contributed by atoms with E-state index in [4.69, 9.17) is 11.1 Å². The second-order valence-electron chi connectivity index (χ2n) is 7.18. The van der Waals surface area contributed by atoms with Gasteiger partial charge in [-0.3, -0.25) is 10.1 Å². The lowest BCUT2D eigenvalue weighted by atomic mass is 10.1. The first-order valence-corrected chi connectivity index (χ1v) is 9.50. The number of aryl methyl sites for hydroxylation is 1. The second-order valence-corrected chi connectivity index (χ2v) is 7.18. The molecule has 2 aromatic rings. The van der Waals surface area contributed by atoms with Gasteiger partial charge in [-0.1, -0.05) is 0 Å². The number of nitrogens with one attached hydrogen (secondary N) is 3. The van der Waals surface area contributed by atoms with Crippen LogP contribution in [-0.4, -0.2) is 33.1 Å². The third kappa shape index (κ3) is 5.30. The third-order valence-corrected chi connectivity index (χ3v) is 4.76. The number of nitrogens with zero attached hydrogens (tertiary/aromatic N) is 3. The van der Waals surface area contributed by atoms with Crippen LogP contribution < -0.4 is 26.8 Å². The summed E-state index contributed by atoms with van der Waals surface area (Å²) in [6, 6.07) is 0.777. The van der Waals surface area contributed by atoms with E-state index in [1.165, 1.54) is 6.92 Å². The lowest BCUT2D eigenvalue weighted by Crippen LogP contribution is -2.53. The summed E-state index contributed by atoms with van der Waals surface area (Å²) < 4.78 is 80.0. The van der Waals surface area contributed by atoms with Gasteiger partial charge < -0.3 is 11.1 Å². The van der Waals surface area contributed by atoms with Gasteiger partial charge in [0, 0.05) is 31.3 Å². The number of H-pyrrole nitrogens is 1. The van der Waals surface area contributed by atoms with Gasteiger partial charge in [0.2, 0.25) is 5.69 Å². The molecule has 7 N–H and O–H groups in total. The van der Waals surface area contributed by atoms with Gasteiger partial charge in [-0.25, -0.2) is 15.1 Å². The smallest absolute Gasteiger partial charge is 0.404 e.